The Hall–Kier alpha value is -2.24. The number of ether oxygens (including phenoxy) is 1. The zero-order valence-electron chi connectivity index (χ0n) is 15.8. The van der Waals surface area contributed by atoms with Crippen molar-refractivity contribution in [3.63, 3.8) is 0 Å². The summed E-state index contributed by atoms with van der Waals surface area (Å²) in [5.74, 6) is 0.112. The summed E-state index contributed by atoms with van der Waals surface area (Å²) >= 11 is 0. The van der Waals surface area contributed by atoms with Crippen molar-refractivity contribution in [1.29, 1.82) is 0 Å². The average molecular weight is 359 g/mol. The van der Waals surface area contributed by atoms with E-state index in [1.807, 2.05) is 24.3 Å². The average Bonchev–Trinajstić information content (AvgIpc) is 2.73. The summed E-state index contributed by atoms with van der Waals surface area (Å²) in [5.41, 5.74) is 1.03. The smallest absolute Gasteiger partial charge is 0.312 e. The number of piperazine rings is 1. The highest BCUT2D eigenvalue weighted by atomic mass is 16.5. The Morgan fingerprint density at radius 3 is 2.35 bits per heavy atom. The third-order valence-corrected chi connectivity index (χ3v) is 5.62. The summed E-state index contributed by atoms with van der Waals surface area (Å²) in [6.45, 7) is 2.52. The molecule has 2 amide bonds. The van der Waals surface area contributed by atoms with Crippen molar-refractivity contribution in [2.75, 3.05) is 45.2 Å². The van der Waals surface area contributed by atoms with Gasteiger partial charge in [0.25, 0.3) is 0 Å². The van der Waals surface area contributed by atoms with Crippen molar-refractivity contribution < 1.29 is 14.3 Å². The van der Waals surface area contributed by atoms with Crippen molar-refractivity contribution in [3.05, 3.63) is 24.3 Å². The summed E-state index contributed by atoms with van der Waals surface area (Å²) in [7, 11) is 3.44. The van der Waals surface area contributed by atoms with E-state index in [-0.39, 0.29) is 17.9 Å². The van der Waals surface area contributed by atoms with Crippen LogP contribution < -0.4 is 9.64 Å². The van der Waals surface area contributed by atoms with Gasteiger partial charge in [-0.3, -0.25) is 9.59 Å². The van der Waals surface area contributed by atoms with Crippen LogP contribution in [0.1, 0.15) is 32.1 Å². The molecule has 0 radical (unpaired) electrons. The van der Waals surface area contributed by atoms with Crippen LogP contribution in [-0.2, 0) is 9.59 Å². The van der Waals surface area contributed by atoms with Gasteiger partial charge in [-0.25, -0.2) is 0 Å². The van der Waals surface area contributed by atoms with Gasteiger partial charge in [0.05, 0.1) is 12.8 Å². The molecular weight excluding hydrogens is 330 g/mol. The van der Waals surface area contributed by atoms with Gasteiger partial charge in [0, 0.05) is 39.3 Å². The highest BCUT2D eigenvalue weighted by molar-refractivity contribution is 6.34. The molecule has 2 fully saturated rings. The quantitative estimate of drug-likeness (QED) is 0.776. The number of methoxy groups -OCH3 is 1. The second kappa shape index (κ2) is 8.43. The standard InChI is InChI=1S/C20H29N3O3/c1-21(16-8-4-3-5-9-16)19(24)20(25)23-14-12-22(13-15-23)17-10-6-7-11-18(17)26-2/h6-7,10-11,16H,3-5,8-9,12-15H2,1-2H3. The first kappa shape index (κ1) is 18.5. The molecule has 1 saturated heterocycles. The first-order chi connectivity index (χ1) is 12.6. The predicted molar refractivity (Wildman–Crippen MR) is 101 cm³/mol. The van der Waals surface area contributed by atoms with E-state index < -0.39 is 0 Å². The van der Waals surface area contributed by atoms with E-state index in [2.05, 4.69) is 4.90 Å². The van der Waals surface area contributed by atoms with Crippen LogP contribution in [0.4, 0.5) is 5.69 Å². The summed E-state index contributed by atoms with van der Waals surface area (Å²) < 4.78 is 5.43. The fourth-order valence-corrected chi connectivity index (χ4v) is 3.96. The molecule has 6 heteroatoms. The Bertz CT molecular complexity index is 635. The minimum Gasteiger partial charge on any atom is -0.495 e. The molecule has 0 bridgehead atoms. The third-order valence-electron chi connectivity index (χ3n) is 5.62. The monoisotopic (exact) mass is 359 g/mol. The van der Waals surface area contributed by atoms with Crippen molar-refractivity contribution in [3.8, 4) is 5.75 Å². The maximum atomic E-state index is 12.6. The van der Waals surface area contributed by atoms with E-state index in [0.29, 0.717) is 26.2 Å². The Morgan fingerprint density at radius 2 is 1.69 bits per heavy atom. The molecule has 0 N–H and O–H groups in total. The van der Waals surface area contributed by atoms with Gasteiger partial charge in [0.2, 0.25) is 0 Å². The molecule has 0 aromatic heterocycles. The first-order valence-corrected chi connectivity index (χ1v) is 9.56. The lowest BCUT2D eigenvalue weighted by molar-refractivity contribution is -0.152. The van der Waals surface area contributed by atoms with Gasteiger partial charge < -0.3 is 19.4 Å². The van der Waals surface area contributed by atoms with Crippen molar-refractivity contribution in [2.24, 2.45) is 0 Å². The van der Waals surface area contributed by atoms with Crippen LogP contribution in [0.5, 0.6) is 5.75 Å². The zero-order valence-corrected chi connectivity index (χ0v) is 15.8. The van der Waals surface area contributed by atoms with Crippen LogP contribution in [0.25, 0.3) is 0 Å². The van der Waals surface area contributed by atoms with Crippen LogP contribution in [0.15, 0.2) is 24.3 Å². The zero-order chi connectivity index (χ0) is 18.5. The van der Waals surface area contributed by atoms with Gasteiger partial charge >= 0.3 is 11.8 Å². The van der Waals surface area contributed by atoms with Crippen molar-refractivity contribution in [1.82, 2.24) is 9.80 Å². The molecule has 0 unspecified atom stereocenters. The molecule has 26 heavy (non-hydrogen) atoms. The number of hydrogen-bond donors (Lipinski definition) is 0. The number of nitrogens with zero attached hydrogens (tertiary/aromatic N) is 3. The number of rotatable bonds is 3. The first-order valence-electron chi connectivity index (χ1n) is 9.56. The fourth-order valence-electron chi connectivity index (χ4n) is 3.96. The Morgan fingerprint density at radius 1 is 1.04 bits per heavy atom. The van der Waals surface area contributed by atoms with Crippen LogP contribution >= 0.6 is 0 Å². The van der Waals surface area contributed by atoms with Gasteiger partial charge in [-0.1, -0.05) is 31.4 Å². The number of hydrogen-bond acceptors (Lipinski definition) is 4. The third kappa shape index (κ3) is 3.94. The highest BCUT2D eigenvalue weighted by Crippen LogP contribution is 2.28. The number of carbonyl (C=O) groups excluding carboxylic acids is 2. The SMILES string of the molecule is COc1ccccc1N1CCN(C(=O)C(=O)N(C)C2CCCCC2)CC1. The molecular formula is C20H29N3O3. The van der Waals surface area contributed by atoms with Crippen LogP contribution in [0.2, 0.25) is 0 Å². The largest absolute Gasteiger partial charge is 0.495 e. The number of likely N-dealkylation sites (N-methyl/N-ethyl adjacent to an activating group) is 1. The van der Waals surface area contributed by atoms with E-state index in [0.717, 1.165) is 37.1 Å². The number of amides is 2. The number of carbonyl (C=O) groups is 2. The number of benzene rings is 1. The highest BCUT2D eigenvalue weighted by Gasteiger charge is 2.32. The molecule has 2 aliphatic rings. The van der Waals surface area contributed by atoms with Gasteiger partial charge in [0.15, 0.2) is 0 Å². The Balaban J connectivity index is 1.57. The molecule has 6 nitrogen and oxygen atoms in total. The van der Waals surface area contributed by atoms with E-state index in [4.69, 9.17) is 4.74 Å². The number of anilines is 1. The van der Waals surface area contributed by atoms with E-state index in [1.165, 1.54) is 6.42 Å². The van der Waals surface area contributed by atoms with Crippen LogP contribution in [0, 0.1) is 0 Å². The second-order valence-corrected chi connectivity index (χ2v) is 7.16. The molecule has 1 saturated carbocycles. The number of para-hydroxylation sites is 2. The predicted octanol–water partition coefficient (Wildman–Crippen LogP) is 2.13. The minimum absolute atomic E-state index is 0.218. The second-order valence-electron chi connectivity index (χ2n) is 7.16. The lowest BCUT2D eigenvalue weighted by Gasteiger charge is -2.37. The van der Waals surface area contributed by atoms with Crippen molar-refractivity contribution in [2.45, 2.75) is 38.1 Å². The minimum atomic E-state index is -0.363. The molecule has 0 atom stereocenters. The summed E-state index contributed by atoms with van der Waals surface area (Å²) in [5, 5.41) is 0. The van der Waals surface area contributed by atoms with Crippen molar-refractivity contribution >= 4 is 17.5 Å². The molecule has 1 aromatic carbocycles. The topological polar surface area (TPSA) is 53.1 Å². The van der Waals surface area contributed by atoms with Gasteiger partial charge in [0.1, 0.15) is 5.75 Å². The van der Waals surface area contributed by atoms with Crippen LogP contribution in [0.3, 0.4) is 0 Å². The fraction of sp³-hybridized carbons (Fsp3) is 0.600. The van der Waals surface area contributed by atoms with E-state index in [9.17, 15) is 9.59 Å². The molecule has 0 spiro atoms. The van der Waals surface area contributed by atoms with E-state index in [1.54, 1.807) is 24.0 Å². The molecule has 1 aliphatic heterocycles. The summed E-state index contributed by atoms with van der Waals surface area (Å²) in [6, 6.07) is 8.11. The molecule has 1 heterocycles. The van der Waals surface area contributed by atoms with Gasteiger partial charge in [-0.15, -0.1) is 0 Å². The molecule has 3 rings (SSSR count). The Labute approximate surface area is 155 Å². The summed E-state index contributed by atoms with van der Waals surface area (Å²) in [4.78, 5) is 30.8. The van der Waals surface area contributed by atoms with E-state index >= 15 is 0 Å². The van der Waals surface area contributed by atoms with Crippen LogP contribution in [-0.4, -0.2) is 68.0 Å². The molecule has 1 aromatic rings. The normalized spacial score (nSPS) is 18.5. The van der Waals surface area contributed by atoms with Gasteiger partial charge in [-0.2, -0.15) is 0 Å². The maximum Gasteiger partial charge on any atom is 0.312 e. The molecule has 1 aliphatic carbocycles. The lowest BCUT2D eigenvalue weighted by atomic mass is 9.94. The lowest BCUT2D eigenvalue weighted by Crippen LogP contribution is -2.54. The maximum absolute atomic E-state index is 12.6. The summed E-state index contributed by atoms with van der Waals surface area (Å²) in [6.07, 6.45) is 5.55. The van der Waals surface area contributed by atoms with Gasteiger partial charge in [-0.05, 0) is 25.0 Å². The molecule has 142 valence electrons. The Kier molecular flexibility index (Phi) is 6.01.